The minimum atomic E-state index is -0.628. The molecule has 0 unspecified atom stereocenters. The second kappa shape index (κ2) is 7.55. The van der Waals surface area contributed by atoms with Crippen molar-refractivity contribution in [2.75, 3.05) is 12.4 Å². The largest absolute Gasteiger partial charge is 0.507 e. The molecule has 9 nitrogen and oxygen atoms in total. The van der Waals surface area contributed by atoms with E-state index in [2.05, 4.69) is 10.3 Å². The van der Waals surface area contributed by atoms with Gasteiger partial charge in [0.25, 0.3) is 5.91 Å². The second-order valence-electron chi connectivity index (χ2n) is 6.32. The number of carbonyl (C=O) groups excluding carboxylic acids is 1. The Kier molecular flexibility index (Phi) is 4.77. The summed E-state index contributed by atoms with van der Waals surface area (Å²) in [5.74, 6) is -0.413. The van der Waals surface area contributed by atoms with E-state index in [1.165, 1.54) is 25.3 Å². The van der Waals surface area contributed by atoms with E-state index in [-0.39, 0.29) is 28.6 Å². The van der Waals surface area contributed by atoms with Crippen molar-refractivity contribution in [1.29, 1.82) is 0 Å². The van der Waals surface area contributed by atoms with Crippen molar-refractivity contribution in [2.24, 2.45) is 0 Å². The van der Waals surface area contributed by atoms with Gasteiger partial charge in [-0.1, -0.05) is 12.1 Å². The van der Waals surface area contributed by atoms with Crippen LogP contribution in [-0.2, 0) is 0 Å². The van der Waals surface area contributed by atoms with Gasteiger partial charge in [0.1, 0.15) is 11.3 Å². The maximum atomic E-state index is 12.5. The smallest absolute Gasteiger partial charge is 0.311 e. The zero-order chi connectivity index (χ0) is 21.3. The summed E-state index contributed by atoms with van der Waals surface area (Å²) in [4.78, 5) is 27.3. The molecule has 0 radical (unpaired) electrons. The number of nitrogens with zero attached hydrogens (tertiary/aromatic N) is 2. The molecule has 0 atom stereocenters. The lowest BCUT2D eigenvalue weighted by Crippen LogP contribution is -2.12. The normalized spacial score (nSPS) is 10.7. The van der Waals surface area contributed by atoms with Crippen molar-refractivity contribution in [1.82, 2.24) is 4.98 Å². The monoisotopic (exact) mass is 405 g/mol. The number of phenolic OH excluding ortho intramolecular Hbond substituents is 1. The molecular weight excluding hydrogens is 390 g/mol. The van der Waals surface area contributed by atoms with Gasteiger partial charge in [-0.05, 0) is 36.4 Å². The number of benzene rings is 3. The number of hydrogen-bond donors (Lipinski definition) is 2. The fraction of sp³-hybridized carbons (Fsp3) is 0.0476. The number of aromatic hydroxyl groups is 1. The second-order valence-corrected chi connectivity index (χ2v) is 6.32. The van der Waals surface area contributed by atoms with Crippen molar-refractivity contribution in [2.45, 2.75) is 0 Å². The Morgan fingerprint density at radius 2 is 1.97 bits per heavy atom. The average molecular weight is 405 g/mol. The highest BCUT2D eigenvalue weighted by Gasteiger charge is 2.19. The number of oxazole rings is 1. The van der Waals surface area contributed by atoms with Crippen LogP contribution in [0.1, 0.15) is 10.4 Å². The topological polar surface area (TPSA) is 128 Å². The van der Waals surface area contributed by atoms with Crippen molar-refractivity contribution in [3.05, 3.63) is 76.3 Å². The number of nitrogens with one attached hydrogen (secondary N) is 1. The number of para-hydroxylation sites is 2. The van der Waals surface area contributed by atoms with Crippen LogP contribution in [0.2, 0.25) is 0 Å². The van der Waals surface area contributed by atoms with Crippen LogP contribution in [-0.4, -0.2) is 28.0 Å². The van der Waals surface area contributed by atoms with Crippen molar-refractivity contribution >= 4 is 28.4 Å². The molecule has 9 heteroatoms. The molecule has 0 saturated heterocycles. The van der Waals surface area contributed by atoms with Crippen LogP contribution < -0.4 is 10.1 Å². The van der Waals surface area contributed by atoms with Gasteiger partial charge in [0.05, 0.1) is 17.6 Å². The van der Waals surface area contributed by atoms with E-state index in [9.17, 15) is 20.0 Å². The van der Waals surface area contributed by atoms with Gasteiger partial charge in [0.2, 0.25) is 5.89 Å². The summed E-state index contributed by atoms with van der Waals surface area (Å²) >= 11 is 0. The van der Waals surface area contributed by atoms with Crippen LogP contribution in [0.25, 0.3) is 22.6 Å². The molecule has 0 spiro atoms. The van der Waals surface area contributed by atoms with Crippen molar-refractivity contribution in [3.63, 3.8) is 0 Å². The number of anilines is 1. The SMILES string of the molecule is COc1ccc(C(=O)Nc2ccc(-c3nc4ccccc4o3)c(O)c2)cc1[N+](=O)[O-]. The Balaban J connectivity index is 1.58. The summed E-state index contributed by atoms with van der Waals surface area (Å²) in [6, 6.07) is 15.6. The van der Waals surface area contributed by atoms with E-state index >= 15 is 0 Å². The van der Waals surface area contributed by atoms with Gasteiger partial charge in [0.15, 0.2) is 11.3 Å². The zero-order valence-corrected chi connectivity index (χ0v) is 15.7. The molecule has 3 aromatic carbocycles. The summed E-state index contributed by atoms with van der Waals surface area (Å²) in [5.41, 5.74) is 1.67. The maximum Gasteiger partial charge on any atom is 0.311 e. The number of fused-ring (bicyclic) bond motifs is 1. The van der Waals surface area contributed by atoms with Crippen LogP contribution in [0.4, 0.5) is 11.4 Å². The molecule has 0 aliphatic carbocycles. The van der Waals surface area contributed by atoms with Crippen LogP contribution in [0.3, 0.4) is 0 Å². The highest BCUT2D eigenvalue weighted by Crippen LogP contribution is 2.33. The highest BCUT2D eigenvalue weighted by molar-refractivity contribution is 6.05. The van der Waals surface area contributed by atoms with Crippen LogP contribution in [0.15, 0.2) is 65.1 Å². The van der Waals surface area contributed by atoms with Gasteiger partial charge < -0.3 is 19.6 Å². The van der Waals surface area contributed by atoms with Crippen molar-refractivity contribution < 1.29 is 24.0 Å². The molecule has 30 heavy (non-hydrogen) atoms. The van der Waals surface area contributed by atoms with Gasteiger partial charge in [-0.15, -0.1) is 0 Å². The predicted molar refractivity (Wildman–Crippen MR) is 109 cm³/mol. The number of methoxy groups -OCH3 is 1. The van der Waals surface area contributed by atoms with Gasteiger partial charge in [-0.25, -0.2) is 4.98 Å². The molecule has 2 N–H and O–H groups in total. The molecule has 0 aliphatic heterocycles. The number of carbonyl (C=O) groups is 1. The zero-order valence-electron chi connectivity index (χ0n) is 15.7. The fourth-order valence-corrected chi connectivity index (χ4v) is 2.95. The lowest BCUT2D eigenvalue weighted by atomic mass is 10.1. The summed E-state index contributed by atoms with van der Waals surface area (Å²) in [6.07, 6.45) is 0. The van der Waals surface area contributed by atoms with Gasteiger partial charge in [-0.3, -0.25) is 14.9 Å². The summed E-state index contributed by atoms with van der Waals surface area (Å²) in [5, 5.41) is 24.1. The summed E-state index contributed by atoms with van der Waals surface area (Å²) in [6.45, 7) is 0. The molecular formula is C21H15N3O6. The van der Waals surface area contributed by atoms with E-state index in [0.717, 1.165) is 6.07 Å². The third-order valence-electron chi connectivity index (χ3n) is 4.42. The molecule has 4 aromatic rings. The number of nitro benzene ring substituents is 1. The minimum absolute atomic E-state index is 0.0527. The number of amides is 1. The molecule has 150 valence electrons. The first-order valence-electron chi connectivity index (χ1n) is 8.79. The number of phenols is 1. The van der Waals surface area contributed by atoms with Gasteiger partial charge >= 0.3 is 5.69 Å². The Bertz CT molecular complexity index is 1250. The number of rotatable bonds is 5. The van der Waals surface area contributed by atoms with E-state index in [0.29, 0.717) is 22.4 Å². The van der Waals surface area contributed by atoms with Crippen molar-refractivity contribution in [3.8, 4) is 23.0 Å². The Hall–Kier alpha value is -4.40. The predicted octanol–water partition coefficient (Wildman–Crippen LogP) is 4.37. The highest BCUT2D eigenvalue weighted by atomic mass is 16.6. The molecule has 1 amide bonds. The molecule has 4 rings (SSSR count). The quantitative estimate of drug-likeness (QED) is 0.373. The number of aromatic nitrogens is 1. The average Bonchev–Trinajstić information content (AvgIpc) is 3.17. The van der Waals surface area contributed by atoms with Gasteiger partial charge in [0, 0.05) is 23.4 Å². The van der Waals surface area contributed by atoms with E-state index in [1.807, 2.05) is 12.1 Å². The maximum absolute atomic E-state index is 12.5. The van der Waals surface area contributed by atoms with Gasteiger partial charge in [-0.2, -0.15) is 0 Å². The van der Waals surface area contributed by atoms with Crippen LogP contribution in [0, 0.1) is 10.1 Å². The van der Waals surface area contributed by atoms with Crippen LogP contribution >= 0.6 is 0 Å². The first-order valence-corrected chi connectivity index (χ1v) is 8.79. The Morgan fingerprint density at radius 3 is 2.67 bits per heavy atom. The first kappa shape index (κ1) is 18.9. The number of nitro groups is 1. The molecule has 0 bridgehead atoms. The van der Waals surface area contributed by atoms with E-state index < -0.39 is 10.8 Å². The molecule has 0 saturated carbocycles. The minimum Gasteiger partial charge on any atom is -0.507 e. The van der Waals surface area contributed by atoms with Crippen LogP contribution in [0.5, 0.6) is 11.5 Å². The van der Waals surface area contributed by atoms with E-state index in [4.69, 9.17) is 9.15 Å². The third-order valence-corrected chi connectivity index (χ3v) is 4.42. The summed E-state index contributed by atoms with van der Waals surface area (Å²) < 4.78 is 10.6. The molecule has 1 aromatic heterocycles. The molecule has 1 heterocycles. The Morgan fingerprint density at radius 1 is 1.17 bits per heavy atom. The first-order chi connectivity index (χ1) is 14.5. The molecule has 0 fully saturated rings. The molecule has 0 aliphatic rings. The number of ether oxygens (including phenoxy) is 1. The third kappa shape index (κ3) is 3.51. The van der Waals surface area contributed by atoms with E-state index in [1.54, 1.807) is 24.3 Å². The lowest BCUT2D eigenvalue weighted by molar-refractivity contribution is -0.385. The standard InChI is InChI=1S/C21H15N3O6/c1-29-19-9-6-12(10-16(19)24(27)28)20(26)22-13-7-8-14(17(25)11-13)21-23-15-4-2-3-5-18(15)30-21/h2-11,25H,1H3,(H,22,26). The Labute approximate surface area is 169 Å². The lowest BCUT2D eigenvalue weighted by Gasteiger charge is -2.08. The number of hydrogen-bond acceptors (Lipinski definition) is 7. The fourth-order valence-electron chi connectivity index (χ4n) is 2.95. The summed E-state index contributed by atoms with van der Waals surface area (Å²) in [7, 11) is 1.31.